The Morgan fingerprint density at radius 1 is 1.00 bits per heavy atom. The van der Waals surface area contributed by atoms with Crippen LogP contribution >= 0.6 is 0 Å². The van der Waals surface area contributed by atoms with Crippen molar-refractivity contribution in [2.75, 3.05) is 48.6 Å². The van der Waals surface area contributed by atoms with Crippen LogP contribution in [0.1, 0.15) is 36.5 Å². The number of benzene rings is 1. The molecule has 1 spiro atoms. The quantitative estimate of drug-likeness (QED) is 0.341. The van der Waals surface area contributed by atoms with E-state index in [-0.39, 0.29) is 31.4 Å². The molecular formula is C33H45NO11. The molecule has 5 aliphatic carbocycles. The van der Waals surface area contributed by atoms with Crippen LogP contribution in [0.3, 0.4) is 0 Å². The molecule has 248 valence electrons. The average molecular weight is 632 g/mol. The first-order valence-electron chi connectivity index (χ1n) is 15.7. The Kier molecular flexibility index (Phi) is 7.10. The maximum atomic E-state index is 13.7. The van der Waals surface area contributed by atoms with E-state index in [1.165, 1.54) is 14.0 Å². The van der Waals surface area contributed by atoms with Crippen molar-refractivity contribution < 1.29 is 53.3 Å². The molecule has 0 radical (unpaired) electrons. The third-order valence-electron chi connectivity index (χ3n) is 12.9. The van der Waals surface area contributed by atoms with Crippen molar-refractivity contribution in [2.24, 2.45) is 28.6 Å². The lowest BCUT2D eigenvalue weighted by atomic mass is 9.41. The van der Waals surface area contributed by atoms with Gasteiger partial charge in [0.05, 0.1) is 48.1 Å². The lowest BCUT2D eigenvalue weighted by Crippen LogP contribution is -2.83. The minimum atomic E-state index is -1.84. The number of nitrogens with zero attached hydrogens (tertiary/aromatic N) is 1. The number of carbonyl (C=O) groups excluding carboxylic acids is 2. The van der Waals surface area contributed by atoms with Gasteiger partial charge in [-0.2, -0.15) is 0 Å². The summed E-state index contributed by atoms with van der Waals surface area (Å²) in [6.07, 6.45) is -4.45. The predicted molar refractivity (Wildman–Crippen MR) is 156 cm³/mol. The van der Waals surface area contributed by atoms with E-state index < -0.39 is 93.9 Å². The SMILES string of the molecule is COC[C@]12CN(C)C3[C@@H]4[C@H](OC)[C@H]1[C@@]3([C@@H](OC)C[C@H]2O)[C@]1(O)C[C@]2(O)[C@@H](OC)C[C@@]4(OC(C)=O)[C@H]1[C@H]2OC(=O)c1ccccc1. The van der Waals surface area contributed by atoms with E-state index in [0.29, 0.717) is 6.54 Å². The van der Waals surface area contributed by atoms with E-state index >= 15 is 0 Å². The Morgan fingerprint density at radius 3 is 2.29 bits per heavy atom. The zero-order valence-corrected chi connectivity index (χ0v) is 26.7. The fourth-order valence-corrected chi connectivity index (χ4v) is 12.2. The first-order valence-corrected chi connectivity index (χ1v) is 15.7. The number of fused-ring (bicyclic) bond motifs is 2. The summed E-state index contributed by atoms with van der Waals surface area (Å²) in [6, 6.07) is 7.99. The van der Waals surface area contributed by atoms with Gasteiger partial charge in [0.25, 0.3) is 0 Å². The predicted octanol–water partition coefficient (Wildman–Crippen LogP) is 0.402. The summed E-state index contributed by atoms with van der Waals surface area (Å²) in [7, 11) is 8.16. The van der Waals surface area contributed by atoms with E-state index in [9.17, 15) is 24.9 Å². The molecule has 14 atom stereocenters. The molecule has 7 rings (SSSR count). The van der Waals surface area contributed by atoms with E-state index in [1.807, 2.05) is 7.05 Å². The van der Waals surface area contributed by atoms with Gasteiger partial charge in [0.2, 0.25) is 0 Å². The Hall–Kier alpha value is -2.16. The molecular weight excluding hydrogens is 586 g/mol. The Bertz CT molecular complexity index is 1360. The van der Waals surface area contributed by atoms with Crippen LogP contribution in [0.2, 0.25) is 0 Å². The number of piperidine rings is 1. The molecule has 0 amide bonds. The second-order valence-electron chi connectivity index (χ2n) is 14.4. The number of ether oxygens (including phenoxy) is 6. The first-order chi connectivity index (χ1) is 21.4. The van der Waals surface area contributed by atoms with Crippen molar-refractivity contribution in [1.29, 1.82) is 0 Å². The maximum absolute atomic E-state index is 13.7. The molecule has 1 saturated heterocycles. The highest BCUT2D eigenvalue weighted by Crippen LogP contribution is 2.81. The lowest BCUT2D eigenvalue weighted by Gasteiger charge is -2.71. The van der Waals surface area contributed by atoms with E-state index in [0.717, 1.165) is 0 Å². The van der Waals surface area contributed by atoms with Gasteiger partial charge in [0.15, 0.2) is 0 Å². The molecule has 6 fully saturated rings. The van der Waals surface area contributed by atoms with Gasteiger partial charge < -0.3 is 48.6 Å². The number of hydrogen-bond donors (Lipinski definition) is 3. The molecule has 1 aromatic rings. The van der Waals surface area contributed by atoms with E-state index in [1.54, 1.807) is 51.7 Å². The number of carbonyl (C=O) groups is 2. The monoisotopic (exact) mass is 631 g/mol. The van der Waals surface area contributed by atoms with Gasteiger partial charge in [0.1, 0.15) is 17.3 Å². The largest absolute Gasteiger partial charge is 0.458 e. The summed E-state index contributed by atoms with van der Waals surface area (Å²) in [5.74, 6) is -3.44. The highest BCUT2D eigenvalue weighted by molar-refractivity contribution is 5.89. The number of methoxy groups -OCH3 is 4. The standard InChI is InChI=1S/C33H45NO11/c1-17(35)45-31-13-21(42-5)30(38)14-32(39,25(31)27(30)44-28(37)18-10-8-7-9-11-18)33-20(41-4)12-19(36)29(16-40-3)15-34(2)26(33)22(31)23(43-6)24(29)33/h7-11,19-27,36,38-39H,12-16H2,1-6H3/t19-,20+,21+,22+,23+,24-,25-,26?,27-,29+,30+,31+,32+,33-/m1/s1. The van der Waals surface area contributed by atoms with Crippen LogP contribution in [0.15, 0.2) is 30.3 Å². The Labute approximate surface area is 262 Å². The zero-order chi connectivity index (χ0) is 32.3. The Balaban J connectivity index is 1.53. The molecule has 6 aliphatic rings. The summed E-state index contributed by atoms with van der Waals surface area (Å²) in [5.41, 5.74) is -6.93. The van der Waals surface area contributed by atoms with Gasteiger partial charge in [-0.15, -0.1) is 0 Å². The molecule has 1 aliphatic heterocycles. The summed E-state index contributed by atoms with van der Waals surface area (Å²) < 4.78 is 37.2. The number of aliphatic hydroxyl groups excluding tert-OH is 1. The summed E-state index contributed by atoms with van der Waals surface area (Å²) >= 11 is 0. The highest BCUT2D eigenvalue weighted by Gasteiger charge is 2.95. The van der Waals surface area contributed by atoms with Crippen LogP contribution < -0.4 is 0 Å². The van der Waals surface area contributed by atoms with Crippen LogP contribution in [-0.4, -0.2) is 134 Å². The third kappa shape index (κ3) is 3.50. The molecule has 1 heterocycles. The van der Waals surface area contributed by atoms with Crippen molar-refractivity contribution in [3.05, 3.63) is 35.9 Å². The van der Waals surface area contributed by atoms with Crippen molar-refractivity contribution >= 4 is 11.9 Å². The van der Waals surface area contributed by atoms with Gasteiger partial charge in [-0.25, -0.2) is 4.79 Å². The molecule has 7 bridgehead atoms. The average Bonchev–Trinajstić information content (AvgIpc) is 3.37. The van der Waals surface area contributed by atoms with Gasteiger partial charge in [0, 0.05) is 89.9 Å². The van der Waals surface area contributed by atoms with E-state index in [4.69, 9.17) is 28.4 Å². The van der Waals surface area contributed by atoms with Gasteiger partial charge in [-0.05, 0) is 19.2 Å². The molecule has 12 heteroatoms. The van der Waals surface area contributed by atoms with Gasteiger partial charge in [-0.3, -0.25) is 4.79 Å². The third-order valence-corrected chi connectivity index (χ3v) is 12.9. The smallest absolute Gasteiger partial charge is 0.338 e. The second kappa shape index (κ2) is 10.2. The summed E-state index contributed by atoms with van der Waals surface area (Å²) in [6.45, 7) is 1.94. The number of esters is 2. The fourth-order valence-electron chi connectivity index (χ4n) is 12.2. The molecule has 1 unspecified atom stereocenters. The Morgan fingerprint density at radius 2 is 1.69 bits per heavy atom. The molecule has 0 aromatic heterocycles. The number of likely N-dealkylation sites (tertiary alicyclic amines) is 1. The first kappa shape index (κ1) is 31.4. The van der Waals surface area contributed by atoms with Crippen LogP contribution in [0.5, 0.6) is 0 Å². The van der Waals surface area contributed by atoms with Crippen LogP contribution in [0, 0.1) is 28.6 Å². The number of aliphatic hydroxyl groups is 3. The summed E-state index contributed by atoms with van der Waals surface area (Å²) in [5, 5.41) is 38.3. The lowest BCUT2D eigenvalue weighted by molar-refractivity contribution is -0.340. The fraction of sp³-hybridized carbons (Fsp3) is 0.758. The zero-order valence-electron chi connectivity index (χ0n) is 26.7. The van der Waals surface area contributed by atoms with Crippen LogP contribution in [-0.2, 0) is 33.2 Å². The van der Waals surface area contributed by atoms with Crippen molar-refractivity contribution in [3.8, 4) is 0 Å². The molecule has 45 heavy (non-hydrogen) atoms. The van der Waals surface area contributed by atoms with Crippen molar-refractivity contribution in [1.82, 2.24) is 4.90 Å². The molecule has 1 aromatic carbocycles. The minimum Gasteiger partial charge on any atom is -0.458 e. The normalized spacial score (nSPS) is 50.7. The molecule has 3 N–H and O–H groups in total. The highest BCUT2D eigenvalue weighted by atomic mass is 16.6. The van der Waals surface area contributed by atoms with E-state index in [2.05, 4.69) is 4.90 Å². The molecule has 12 nitrogen and oxygen atoms in total. The van der Waals surface area contributed by atoms with Crippen LogP contribution in [0.4, 0.5) is 0 Å². The summed E-state index contributed by atoms with van der Waals surface area (Å²) in [4.78, 5) is 29.0. The number of rotatable bonds is 8. The van der Waals surface area contributed by atoms with Crippen LogP contribution in [0.25, 0.3) is 0 Å². The minimum absolute atomic E-state index is 0.0427. The van der Waals surface area contributed by atoms with Gasteiger partial charge >= 0.3 is 11.9 Å². The number of hydrogen-bond acceptors (Lipinski definition) is 12. The molecule has 5 saturated carbocycles. The second-order valence-corrected chi connectivity index (χ2v) is 14.4. The topological polar surface area (TPSA) is 153 Å². The van der Waals surface area contributed by atoms with Gasteiger partial charge in [-0.1, -0.05) is 18.2 Å². The van der Waals surface area contributed by atoms with Crippen molar-refractivity contribution in [3.63, 3.8) is 0 Å². The van der Waals surface area contributed by atoms with Crippen molar-refractivity contribution in [2.45, 2.75) is 79.6 Å². The maximum Gasteiger partial charge on any atom is 0.338 e.